The van der Waals surface area contributed by atoms with Crippen LogP contribution in [0.1, 0.15) is 48.7 Å². The number of thiazole rings is 1. The zero-order valence-electron chi connectivity index (χ0n) is 12.7. The summed E-state index contributed by atoms with van der Waals surface area (Å²) in [7, 11) is 1.62. The Morgan fingerprint density at radius 1 is 1.48 bits per heavy atom. The summed E-state index contributed by atoms with van der Waals surface area (Å²) in [6.45, 7) is 3.61. The van der Waals surface area contributed by atoms with E-state index in [1.165, 1.54) is 0 Å². The summed E-state index contributed by atoms with van der Waals surface area (Å²) < 4.78 is 0. The molecule has 0 spiro atoms. The van der Waals surface area contributed by atoms with E-state index >= 15 is 0 Å². The Kier molecular flexibility index (Phi) is 5.73. The second-order valence-electron chi connectivity index (χ2n) is 5.53. The van der Waals surface area contributed by atoms with Gasteiger partial charge < -0.3 is 10.2 Å². The highest BCUT2D eigenvalue weighted by atomic mass is 32.1. The van der Waals surface area contributed by atoms with Crippen molar-refractivity contribution in [3.05, 3.63) is 16.1 Å². The second-order valence-corrected chi connectivity index (χ2v) is 6.42. The van der Waals surface area contributed by atoms with Crippen LogP contribution in [0.5, 0.6) is 0 Å². The first kappa shape index (κ1) is 15.9. The Balaban J connectivity index is 1.83. The summed E-state index contributed by atoms with van der Waals surface area (Å²) in [5, 5.41) is 5.80. The molecule has 2 heterocycles. The van der Waals surface area contributed by atoms with E-state index in [1.807, 2.05) is 11.8 Å². The van der Waals surface area contributed by atoms with Crippen LogP contribution in [-0.2, 0) is 9.59 Å². The molecule has 1 aromatic rings. The quantitative estimate of drug-likeness (QED) is 0.906. The molecule has 1 aromatic heterocycles. The topological polar surface area (TPSA) is 62.3 Å². The first-order chi connectivity index (χ1) is 10.1. The molecule has 1 saturated heterocycles. The maximum atomic E-state index is 12.2. The molecule has 21 heavy (non-hydrogen) atoms. The molecular formula is C15H23N3O2S. The minimum absolute atomic E-state index is 0.00224. The van der Waals surface area contributed by atoms with Gasteiger partial charge in [0.05, 0.1) is 5.01 Å². The molecule has 0 bridgehead atoms. The highest BCUT2D eigenvalue weighted by Gasteiger charge is 2.26. The van der Waals surface area contributed by atoms with Gasteiger partial charge in [-0.15, -0.1) is 11.3 Å². The first-order valence-corrected chi connectivity index (χ1v) is 8.38. The van der Waals surface area contributed by atoms with Crippen LogP contribution in [0, 0.1) is 6.92 Å². The van der Waals surface area contributed by atoms with E-state index in [9.17, 15) is 9.59 Å². The summed E-state index contributed by atoms with van der Waals surface area (Å²) in [5.74, 6) is 0.537. The molecule has 6 heteroatoms. The second kappa shape index (κ2) is 7.54. The van der Waals surface area contributed by atoms with Crippen molar-refractivity contribution in [3.8, 4) is 0 Å². The molecule has 5 nitrogen and oxygen atoms in total. The molecule has 1 aliphatic rings. The van der Waals surface area contributed by atoms with E-state index in [4.69, 9.17) is 0 Å². The van der Waals surface area contributed by atoms with E-state index in [0.717, 1.165) is 36.6 Å². The summed E-state index contributed by atoms with van der Waals surface area (Å²) in [4.78, 5) is 29.9. The van der Waals surface area contributed by atoms with E-state index in [1.54, 1.807) is 18.4 Å². The molecule has 0 aliphatic carbocycles. The molecule has 1 unspecified atom stereocenters. The fourth-order valence-corrected chi connectivity index (χ4v) is 3.57. The summed E-state index contributed by atoms with van der Waals surface area (Å²) in [5.41, 5.74) is 1.06. The van der Waals surface area contributed by atoms with Crippen molar-refractivity contribution in [2.75, 3.05) is 20.1 Å². The lowest BCUT2D eigenvalue weighted by Gasteiger charge is -2.32. The van der Waals surface area contributed by atoms with Crippen LogP contribution in [0.3, 0.4) is 0 Å². The SMILES string of the molecule is CNC(=O)CCCC(=O)N1CCCC(c2nc(C)cs2)C1. The molecule has 2 rings (SSSR count). The molecular weight excluding hydrogens is 286 g/mol. The van der Waals surface area contributed by atoms with E-state index < -0.39 is 0 Å². The average molecular weight is 309 g/mol. The third-order valence-corrected chi connectivity index (χ3v) is 4.96. The monoisotopic (exact) mass is 309 g/mol. The average Bonchev–Trinajstić information content (AvgIpc) is 2.93. The summed E-state index contributed by atoms with van der Waals surface area (Å²) >= 11 is 1.69. The van der Waals surface area contributed by atoms with Crippen LogP contribution in [0.2, 0.25) is 0 Å². The summed E-state index contributed by atoms with van der Waals surface area (Å²) in [6.07, 6.45) is 3.64. The van der Waals surface area contributed by atoms with Crippen molar-refractivity contribution in [2.24, 2.45) is 0 Å². The maximum Gasteiger partial charge on any atom is 0.222 e. The Morgan fingerprint density at radius 2 is 2.29 bits per heavy atom. The van der Waals surface area contributed by atoms with Crippen LogP contribution in [0.4, 0.5) is 0 Å². The van der Waals surface area contributed by atoms with Crippen LogP contribution in [0.15, 0.2) is 5.38 Å². The Hall–Kier alpha value is -1.43. The number of likely N-dealkylation sites (tertiary alicyclic amines) is 1. The molecule has 2 amide bonds. The van der Waals surface area contributed by atoms with Crippen molar-refractivity contribution < 1.29 is 9.59 Å². The number of carbonyl (C=O) groups excluding carboxylic acids is 2. The van der Waals surface area contributed by atoms with Gasteiger partial charge in [0.25, 0.3) is 0 Å². The zero-order chi connectivity index (χ0) is 15.2. The predicted octanol–water partition coefficient (Wildman–Crippen LogP) is 2.07. The van der Waals surface area contributed by atoms with Crippen molar-refractivity contribution in [2.45, 2.75) is 44.9 Å². The highest BCUT2D eigenvalue weighted by Crippen LogP contribution is 2.29. The number of carbonyl (C=O) groups is 2. The standard InChI is InChI=1S/C15H23N3O2S/c1-11-10-21-15(17-11)12-5-4-8-18(9-12)14(20)7-3-6-13(19)16-2/h10,12H,3-9H2,1-2H3,(H,16,19). The fourth-order valence-electron chi connectivity index (χ4n) is 2.65. The lowest BCUT2D eigenvalue weighted by Crippen LogP contribution is -2.39. The number of aromatic nitrogens is 1. The van der Waals surface area contributed by atoms with Gasteiger partial charge in [-0.1, -0.05) is 0 Å². The highest BCUT2D eigenvalue weighted by molar-refractivity contribution is 7.09. The van der Waals surface area contributed by atoms with Gasteiger partial charge in [-0.3, -0.25) is 9.59 Å². The third-order valence-electron chi connectivity index (χ3n) is 3.83. The predicted molar refractivity (Wildman–Crippen MR) is 83.3 cm³/mol. The molecule has 1 N–H and O–H groups in total. The molecule has 0 radical (unpaired) electrons. The molecule has 116 valence electrons. The van der Waals surface area contributed by atoms with Crippen molar-refractivity contribution in [3.63, 3.8) is 0 Å². The largest absolute Gasteiger partial charge is 0.359 e. The van der Waals surface area contributed by atoms with Gasteiger partial charge in [-0.2, -0.15) is 0 Å². The number of hydrogen-bond acceptors (Lipinski definition) is 4. The van der Waals surface area contributed by atoms with Gasteiger partial charge in [0.1, 0.15) is 0 Å². The van der Waals surface area contributed by atoms with Crippen molar-refractivity contribution in [1.82, 2.24) is 15.2 Å². The van der Waals surface area contributed by atoms with E-state index in [2.05, 4.69) is 15.7 Å². The van der Waals surface area contributed by atoms with Crippen LogP contribution in [-0.4, -0.2) is 41.8 Å². The van der Waals surface area contributed by atoms with E-state index in [-0.39, 0.29) is 11.8 Å². The van der Waals surface area contributed by atoms with E-state index in [0.29, 0.717) is 25.2 Å². The molecule has 1 atom stereocenters. The molecule has 1 aliphatic heterocycles. The number of aryl methyl sites for hydroxylation is 1. The van der Waals surface area contributed by atoms with Gasteiger partial charge in [-0.05, 0) is 26.2 Å². The van der Waals surface area contributed by atoms with Gasteiger partial charge in [0.2, 0.25) is 11.8 Å². The Morgan fingerprint density at radius 3 is 2.95 bits per heavy atom. The molecule has 0 aromatic carbocycles. The summed E-state index contributed by atoms with van der Waals surface area (Å²) in [6, 6.07) is 0. The van der Waals surface area contributed by atoms with Gasteiger partial charge in [-0.25, -0.2) is 4.98 Å². The normalized spacial score (nSPS) is 18.6. The first-order valence-electron chi connectivity index (χ1n) is 7.50. The maximum absolute atomic E-state index is 12.2. The zero-order valence-corrected chi connectivity index (χ0v) is 13.5. The number of hydrogen-bond donors (Lipinski definition) is 1. The van der Waals surface area contributed by atoms with Gasteiger partial charge in [0.15, 0.2) is 0 Å². The molecule has 0 saturated carbocycles. The number of nitrogens with zero attached hydrogens (tertiary/aromatic N) is 2. The third kappa shape index (κ3) is 4.52. The van der Waals surface area contributed by atoms with Crippen LogP contribution >= 0.6 is 11.3 Å². The van der Waals surface area contributed by atoms with Crippen LogP contribution in [0.25, 0.3) is 0 Å². The lowest BCUT2D eigenvalue weighted by atomic mass is 9.98. The fraction of sp³-hybridized carbons (Fsp3) is 0.667. The number of amides is 2. The number of piperidine rings is 1. The Bertz CT molecular complexity index is 501. The van der Waals surface area contributed by atoms with Crippen molar-refractivity contribution in [1.29, 1.82) is 0 Å². The number of rotatable bonds is 5. The van der Waals surface area contributed by atoms with Crippen molar-refractivity contribution >= 4 is 23.2 Å². The molecule has 1 fully saturated rings. The Labute approximate surface area is 129 Å². The van der Waals surface area contributed by atoms with Crippen LogP contribution < -0.4 is 5.32 Å². The number of nitrogens with one attached hydrogen (secondary N) is 1. The minimum Gasteiger partial charge on any atom is -0.359 e. The van der Waals surface area contributed by atoms with Gasteiger partial charge in [0, 0.05) is 50.0 Å². The minimum atomic E-state index is -0.00224. The van der Waals surface area contributed by atoms with Gasteiger partial charge >= 0.3 is 0 Å². The smallest absolute Gasteiger partial charge is 0.222 e. The lowest BCUT2D eigenvalue weighted by molar-refractivity contribution is -0.132.